The molecule has 3 heteroatoms. The first kappa shape index (κ1) is 13.9. The van der Waals surface area contributed by atoms with Crippen molar-refractivity contribution in [2.75, 3.05) is 19.6 Å². The van der Waals surface area contributed by atoms with Crippen LogP contribution in [0.1, 0.15) is 37.8 Å². The zero-order chi connectivity index (χ0) is 13.2. The highest BCUT2D eigenvalue weighted by Gasteiger charge is 2.39. The van der Waals surface area contributed by atoms with Gasteiger partial charge in [-0.05, 0) is 55.6 Å². The second-order valence-electron chi connectivity index (χ2n) is 5.06. The number of likely N-dealkylation sites (N-methyl/N-ethyl adjacent to an activating group) is 1. The second-order valence-corrected chi connectivity index (χ2v) is 5.50. The summed E-state index contributed by atoms with van der Waals surface area (Å²) in [6, 6.07) is 6.30. The van der Waals surface area contributed by atoms with E-state index in [4.69, 9.17) is 17.3 Å². The van der Waals surface area contributed by atoms with Crippen LogP contribution < -0.4 is 5.73 Å². The van der Waals surface area contributed by atoms with Crippen LogP contribution in [0.25, 0.3) is 0 Å². The molecule has 0 fully saturated rings. The maximum atomic E-state index is 6.17. The lowest BCUT2D eigenvalue weighted by Gasteiger charge is -2.46. The van der Waals surface area contributed by atoms with Crippen molar-refractivity contribution in [3.8, 4) is 0 Å². The van der Waals surface area contributed by atoms with Crippen LogP contribution in [0.2, 0.25) is 5.02 Å². The highest BCUT2D eigenvalue weighted by Crippen LogP contribution is 2.40. The Kier molecular flexibility index (Phi) is 4.31. The third-order valence-electron chi connectivity index (χ3n) is 4.31. The van der Waals surface area contributed by atoms with Crippen LogP contribution in [0.5, 0.6) is 0 Å². The van der Waals surface area contributed by atoms with Crippen LogP contribution in [-0.4, -0.2) is 24.5 Å². The van der Waals surface area contributed by atoms with Crippen molar-refractivity contribution in [3.05, 3.63) is 34.3 Å². The van der Waals surface area contributed by atoms with E-state index in [-0.39, 0.29) is 5.54 Å². The summed E-state index contributed by atoms with van der Waals surface area (Å²) in [4.78, 5) is 2.50. The average Bonchev–Trinajstić information content (AvgIpc) is 2.39. The van der Waals surface area contributed by atoms with Crippen molar-refractivity contribution in [1.82, 2.24) is 4.90 Å². The number of rotatable bonds is 4. The molecule has 2 rings (SSSR count). The molecule has 0 aliphatic heterocycles. The molecule has 1 aromatic carbocycles. The van der Waals surface area contributed by atoms with Crippen molar-refractivity contribution < 1.29 is 0 Å². The van der Waals surface area contributed by atoms with Gasteiger partial charge in [-0.15, -0.1) is 0 Å². The summed E-state index contributed by atoms with van der Waals surface area (Å²) in [7, 11) is 0. The van der Waals surface area contributed by atoms with Crippen LogP contribution in [0.15, 0.2) is 18.2 Å². The van der Waals surface area contributed by atoms with Gasteiger partial charge in [-0.1, -0.05) is 31.5 Å². The van der Waals surface area contributed by atoms with Gasteiger partial charge in [0.15, 0.2) is 0 Å². The highest BCUT2D eigenvalue weighted by molar-refractivity contribution is 6.30. The number of halogens is 1. The average molecular weight is 267 g/mol. The van der Waals surface area contributed by atoms with Crippen LogP contribution in [0, 0.1) is 0 Å². The fraction of sp³-hybridized carbons (Fsp3) is 0.600. The zero-order valence-corrected chi connectivity index (χ0v) is 12.1. The topological polar surface area (TPSA) is 29.3 Å². The Morgan fingerprint density at radius 3 is 2.67 bits per heavy atom. The number of hydrogen-bond donors (Lipinski definition) is 1. The molecule has 0 radical (unpaired) electrons. The highest BCUT2D eigenvalue weighted by atomic mass is 35.5. The SMILES string of the molecule is CCN(CC)C1(CN)CCCc2cc(Cl)ccc21. The van der Waals surface area contributed by atoms with Gasteiger partial charge in [0.05, 0.1) is 5.54 Å². The third-order valence-corrected chi connectivity index (χ3v) is 4.55. The molecule has 1 unspecified atom stereocenters. The number of nitrogens with zero attached hydrogens (tertiary/aromatic N) is 1. The number of benzene rings is 1. The lowest BCUT2D eigenvalue weighted by molar-refractivity contribution is 0.0857. The minimum Gasteiger partial charge on any atom is -0.328 e. The Bertz CT molecular complexity index is 415. The molecule has 0 heterocycles. The summed E-state index contributed by atoms with van der Waals surface area (Å²) < 4.78 is 0. The molecule has 0 spiro atoms. The van der Waals surface area contributed by atoms with Crippen LogP contribution >= 0.6 is 11.6 Å². The predicted octanol–water partition coefficient (Wildman–Crippen LogP) is 3.17. The zero-order valence-electron chi connectivity index (χ0n) is 11.4. The predicted molar refractivity (Wildman–Crippen MR) is 78.0 cm³/mol. The van der Waals surface area contributed by atoms with E-state index in [1.54, 1.807) is 0 Å². The summed E-state index contributed by atoms with van der Waals surface area (Å²) >= 11 is 6.12. The summed E-state index contributed by atoms with van der Waals surface area (Å²) in [5.74, 6) is 0. The lowest BCUT2D eigenvalue weighted by atomic mass is 9.75. The van der Waals surface area contributed by atoms with Crippen molar-refractivity contribution in [1.29, 1.82) is 0 Å². The molecule has 0 saturated heterocycles. The first-order valence-corrected chi connectivity index (χ1v) is 7.29. The van der Waals surface area contributed by atoms with E-state index >= 15 is 0 Å². The molecule has 1 aliphatic carbocycles. The molecule has 0 amide bonds. The maximum Gasteiger partial charge on any atom is 0.0586 e. The number of hydrogen-bond acceptors (Lipinski definition) is 2. The quantitative estimate of drug-likeness (QED) is 0.907. The first-order valence-electron chi connectivity index (χ1n) is 6.92. The van der Waals surface area contributed by atoms with Crippen molar-refractivity contribution in [2.24, 2.45) is 5.73 Å². The van der Waals surface area contributed by atoms with Crippen LogP contribution in [0.3, 0.4) is 0 Å². The molecule has 0 bridgehead atoms. The molecule has 1 atom stereocenters. The fourth-order valence-corrected chi connectivity index (χ4v) is 3.62. The van der Waals surface area contributed by atoms with Crippen LogP contribution in [0.4, 0.5) is 0 Å². The van der Waals surface area contributed by atoms with Gasteiger partial charge in [0.25, 0.3) is 0 Å². The van der Waals surface area contributed by atoms with Gasteiger partial charge in [-0.3, -0.25) is 4.90 Å². The molecule has 0 saturated carbocycles. The van der Waals surface area contributed by atoms with E-state index in [1.807, 2.05) is 6.07 Å². The molecule has 2 N–H and O–H groups in total. The molecule has 0 aromatic heterocycles. The van der Waals surface area contributed by atoms with E-state index in [2.05, 4.69) is 30.9 Å². The van der Waals surface area contributed by atoms with Gasteiger partial charge in [-0.2, -0.15) is 0 Å². The van der Waals surface area contributed by atoms with E-state index in [0.717, 1.165) is 31.0 Å². The van der Waals surface area contributed by atoms with Gasteiger partial charge < -0.3 is 5.73 Å². The normalized spacial score (nSPS) is 23.2. The Balaban J connectivity index is 2.51. The Hall–Kier alpha value is -0.570. The smallest absolute Gasteiger partial charge is 0.0586 e. The number of nitrogens with two attached hydrogens (primary N) is 1. The van der Waals surface area contributed by atoms with Crippen molar-refractivity contribution in [2.45, 2.75) is 38.6 Å². The minimum atomic E-state index is 0.0155. The summed E-state index contributed by atoms with van der Waals surface area (Å²) in [6.45, 7) is 7.19. The Morgan fingerprint density at radius 2 is 2.06 bits per heavy atom. The largest absolute Gasteiger partial charge is 0.328 e. The van der Waals surface area contributed by atoms with Gasteiger partial charge in [0, 0.05) is 11.6 Å². The van der Waals surface area contributed by atoms with Gasteiger partial charge >= 0.3 is 0 Å². The Labute approximate surface area is 115 Å². The first-order chi connectivity index (χ1) is 8.67. The maximum absolute atomic E-state index is 6.17. The van der Waals surface area contributed by atoms with Crippen LogP contribution in [-0.2, 0) is 12.0 Å². The van der Waals surface area contributed by atoms with Crippen molar-refractivity contribution in [3.63, 3.8) is 0 Å². The van der Waals surface area contributed by atoms with E-state index < -0.39 is 0 Å². The number of fused-ring (bicyclic) bond motifs is 1. The standard InChI is InChI=1S/C15H23ClN2/c1-3-18(4-2)15(11-17)9-5-6-12-10-13(16)7-8-14(12)15/h7-8,10H,3-6,9,11,17H2,1-2H3. The van der Waals surface area contributed by atoms with Crippen molar-refractivity contribution >= 4 is 11.6 Å². The minimum absolute atomic E-state index is 0.0155. The fourth-order valence-electron chi connectivity index (χ4n) is 3.43. The lowest BCUT2D eigenvalue weighted by Crippen LogP contribution is -2.53. The van der Waals surface area contributed by atoms with E-state index in [0.29, 0.717) is 6.54 Å². The van der Waals surface area contributed by atoms with Gasteiger partial charge in [0.2, 0.25) is 0 Å². The summed E-state index contributed by atoms with van der Waals surface area (Å²) in [5, 5.41) is 0.834. The molecule has 1 aromatic rings. The second kappa shape index (κ2) is 5.60. The molecule has 18 heavy (non-hydrogen) atoms. The Morgan fingerprint density at radius 1 is 1.33 bits per heavy atom. The molecular weight excluding hydrogens is 244 g/mol. The molecular formula is C15H23ClN2. The molecule has 1 aliphatic rings. The monoisotopic (exact) mass is 266 g/mol. The summed E-state index contributed by atoms with van der Waals surface area (Å²) in [6.07, 6.45) is 3.47. The van der Waals surface area contributed by atoms with E-state index in [1.165, 1.54) is 17.5 Å². The number of aryl methyl sites for hydroxylation is 1. The molecule has 100 valence electrons. The van der Waals surface area contributed by atoms with Gasteiger partial charge in [0.1, 0.15) is 0 Å². The van der Waals surface area contributed by atoms with E-state index in [9.17, 15) is 0 Å². The third kappa shape index (κ3) is 2.18. The summed E-state index contributed by atoms with van der Waals surface area (Å²) in [5.41, 5.74) is 8.96. The molecule has 2 nitrogen and oxygen atoms in total. The van der Waals surface area contributed by atoms with Gasteiger partial charge in [-0.25, -0.2) is 0 Å².